The van der Waals surface area contributed by atoms with Gasteiger partial charge in [-0.15, -0.1) is 0 Å². The zero-order valence-electron chi connectivity index (χ0n) is 12.5. The van der Waals surface area contributed by atoms with Gasteiger partial charge in [0.05, 0.1) is 0 Å². The highest BCUT2D eigenvalue weighted by Crippen LogP contribution is 2.25. The minimum absolute atomic E-state index is 0.321. The maximum Gasteiger partial charge on any atom is 0.163 e. The molecule has 0 radical (unpaired) electrons. The fourth-order valence-corrected chi connectivity index (χ4v) is 2.39. The van der Waals surface area contributed by atoms with Gasteiger partial charge in [-0.25, -0.2) is 8.78 Å². The van der Waals surface area contributed by atoms with Crippen molar-refractivity contribution in [3.63, 3.8) is 0 Å². The largest absolute Gasteiger partial charge is 0.271 e. The van der Waals surface area contributed by atoms with Crippen LogP contribution in [0.25, 0.3) is 0 Å². The highest BCUT2D eigenvalue weighted by atomic mass is 19.2. The minimum Gasteiger partial charge on any atom is -0.271 e. The molecule has 4 heteroatoms. The molecule has 0 bridgehead atoms. The van der Waals surface area contributed by atoms with Gasteiger partial charge in [0.1, 0.15) is 0 Å². The van der Waals surface area contributed by atoms with Crippen LogP contribution < -0.4 is 11.3 Å². The van der Waals surface area contributed by atoms with Gasteiger partial charge in [-0.1, -0.05) is 57.6 Å². The molecule has 0 spiro atoms. The Morgan fingerprint density at radius 2 is 1.70 bits per heavy atom. The first-order valence-electron chi connectivity index (χ1n) is 7.52. The van der Waals surface area contributed by atoms with Crippen LogP contribution in [0.1, 0.15) is 69.0 Å². The normalized spacial score (nSPS) is 12.7. The lowest BCUT2D eigenvalue weighted by Gasteiger charge is -2.17. The molecular weight excluding hydrogens is 258 g/mol. The Bertz CT molecular complexity index is 408. The predicted octanol–water partition coefficient (Wildman–Crippen LogP) is 4.53. The molecule has 1 atom stereocenters. The number of hydrazine groups is 1. The molecular formula is C16H26F2N2. The molecule has 0 aromatic heterocycles. The minimum atomic E-state index is -0.779. The standard InChI is InChI=1S/C16H26F2N2/c1-3-4-5-6-7-8-9-14(20-19)13-11-10-12(2)15(17)16(13)18/h10-11,14,20H,3-9,19H2,1-2H3. The van der Waals surface area contributed by atoms with Crippen molar-refractivity contribution in [1.29, 1.82) is 0 Å². The summed E-state index contributed by atoms with van der Waals surface area (Å²) in [7, 11) is 0. The van der Waals surface area contributed by atoms with Crippen LogP contribution in [0.15, 0.2) is 12.1 Å². The first-order valence-corrected chi connectivity index (χ1v) is 7.52. The monoisotopic (exact) mass is 284 g/mol. The second-order valence-electron chi connectivity index (χ2n) is 5.38. The van der Waals surface area contributed by atoms with Crippen LogP contribution in [0.4, 0.5) is 8.78 Å². The molecule has 1 aromatic rings. The second-order valence-corrected chi connectivity index (χ2v) is 5.38. The van der Waals surface area contributed by atoms with Gasteiger partial charge in [-0.3, -0.25) is 11.3 Å². The van der Waals surface area contributed by atoms with Crippen molar-refractivity contribution >= 4 is 0 Å². The highest BCUT2D eigenvalue weighted by Gasteiger charge is 2.18. The number of hydrogen-bond donors (Lipinski definition) is 2. The Labute approximate surface area is 120 Å². The van der Waals surface area contributed by atoms with Gasteiger partial charge in [0, 0.05) is 11.6 Å². The van der Waals surface area contributed by atoms with E-state index in [9.17, 15) is 8.78 Å². The van der Waals surface area contributed by atoms with E-state index in [0.29, 0.717) is 11.1 Å². The molecule has 0 heterocycles. The van der Waals surface area contributed by atoms with Crippen molar-refractivity contribution in [2.24, 2.45) is 5.84 Å². The summed E-state index contributed by atoms with van der Waals surface area (Å²) in [6.45, 7) is 3.74. The van der Waals surface area contributed by atoms with Gasteiger partial charge >= 0.3 is 0 Å². The van der Waals surface area contributed by atoms with Crippen LogP contribution >= 0.6 is 0 Å². The molecule has 1 rings (SSSR count). The fourth-order valence-electron chi connectivity index (χ4n) is 2.39. The summed E-state index contributed by atoms with van der Waals surface area (Å²) in [5, 5.41) is 0. The number of nitrogens with two attached hydrogens (primary N) is 1. The quantitative estimate of drug-likeness (QED) is 0.397. The smallest absolute Gasteiger partial charge is 0.163 e. The summed E-state index contributed by atoms with van der Waals surface area (Å²) in [5.41, 5.74) is 3.25. The molecule has 0 saturated heterocycles. The number of aryl methyl sites for hydroxylation is 1. The van der Waals surface area contributed by atoms with Gasteiger partial charge in [-0.2, -0.15) is 0 Å². The predicted molar refractivity (Wildman–Crippen MR) is 79.2 cm³/mol. The third kappa shape index (κ3) is 4.84. The Kier molecular flexibility index (Phi) is 7.70. The third-order valence-electron chi connectivity index (χ3n) is 3.73. The van der Waals surface area contributed by atoms with Crippen molar-refractivity contribution < 1.29 is 8.78 Å². The van der Waals surface area contributed by atoms with E-state index >= 15 is 0 Å². The Balaban J connectivity index is 2.52. The van der Waals surface area contributed by atoms with Crippen LogP contribution in [-0.4, -0.2) is 0 Å². The van der Waals surface area contributed by atoms with E-state index in [0.717, 1.165) is 19.3 Å². The molecule has 0 fully saturated rings. The van der Waals surface area contributed by atoms with Crippen LogP contribution in [0.3, 0.4) is 0 Å². The highest BCUT2D eigenvalue weighted by molar-refractivity contribution is 5.27. The molecule has 1 unspecified atom stereocenters. The van der Waals surface area contributed by atoms with E-state index in [2.05, 4.69) is 12.3 Å². The topological polar surface area (TPSA) is 38.0 Å². The van der Waals surface area contributed by atoms with E-state index in [1.54, 1.807) is 19.1 Å². The fraction of sp³-hybridized carbons (Fsp3) is 0.625. The van der Waals surface area contributed by atoms with E-state index in [-0.39, 0.29) is 6.04 Å². The number of nitrogens with one attached hydrogen (secondary N) is 1. The van der Waals surface area contributed by atoms with E-state index in [1.807, 2.05) is 0 Å². The maximum atomic E-state index is 13.9. The van der Waals surface area contributed by atoms with Crippen molar-refractivity contribution in [2.45, 2.75) is 64.8 Å². The third-order valence-corrected chi connectivity index (χ3v) is 3.73. The van der Waals surface area contributed by atoms with Crippen LogP contribution in [-0.2, 0) is 0 Å². The van der Waals surface area contributed by atoms with Crippen LogP contribution in [0.5, 0.6) is 0 Å². The van der Waals surface area contributed by atoms with Gasteiger partial charge in [0.15, 0.2) is 11.6 Å². The summed E-state index contributed by atoms with van der Waals surface area (Å²) in [5.74, 6) is 3.93. The lowest BCUT2D eigenvalue weighted by Crippen LogP contribution is -2.29. The first-order chi connectivity index (χ1) is 9.61. The van der Waals surface area contributed by atoms with E-state index < -0.39 is 11.6 Å². The van der Waals surface area contributed by atoms with Gasteiger partial charge in [0.2, 0.25) is 0 Å². The summed E-state index contributed by atoms with van der Waals surface area (Å²) in [6.07, 6.45) is 7.71. The van der Waals surface area contributed by atoms with E-state index in [1.165, 1.54) is 25.7 Å². The molecule has 0 saturated carbocycles. The molecule has 114 valence electrons. The number of rotatable bonds is 9. The van der Waals surface area contributed by atoms with Crippen LogP contribution in [0, 0.1) is 18.6 Å². The molecule has 0 amide bonds. The molecule has 3 N–H and O–H groups in total. The zero-order valence-corrected chi connectivity index (χ0v) is 12.5. The molecule has 0 aliphatic carbocycles. The van der Waals surface area contributed by atoms with Gasteiger partial charge in [0.25, 0.3) is 0 Å². The molecule has 1 aromatic carbocycles. The summed E-state index contributed by atoms with van der Waals surface area (Å²) >= 11 is 0. The Morgan fingerprint density at radius 1 is 1.05 bits per heavy atom. The Hall–Kier alpha value is -1.00. The lowest BCUT2D eigenvalue weighted by molar-refractivity contribution is 0.435. The van der Waals surface area contributed by atoms with Crippen LogP contribution in [0.2, 0.25) is 0 Å². The summed E-state index contributed by atoms with van der Waals surface area (Å²) < 4.78 is 27.5. The summed E-state index contributed by atoms with van der Waals surface area (Å²) in [6, 6.07) is 2.89. The van der Waals surface area contributed by atoms with Crippen molar-refractivity contribution in [1.82, 2.24) is 5.43 Å². The van der Waals surface area contributed by atoms with Gasteiger partial charge < -0.3 is 0 Å². The summed E-state index contributed by atoms with van der Waals surface area (Å²) in [4.78, 5) is 0. The molecule has 0 aliphatic heterocycles. The molecule has 20 heavy (non-hydrogen) atoms. The molecule has 2 nitrogen and oxygen atoms in total. The average molecular weight is 284 g/mol. The number of hydrogen-bond acceptors (Lipinski definition) is 2. The first kappa shape index (κ1) is 17.1. The van der Waals surface area contributed by atoms with Crippen molar-refractivity contribution in [3.05, 3.63) is 34.9 Å². The van der Waals surface area contributed by atoms with E-state index in [4.69, 9.17) is 5.84 Å². The Morgan fingerprint density at radius 3 is 2.35 bits per heavy atom. The maximum absolute atomic E-state index is 13.9. The average Bonchev–Trinajstić information content (AvgIpc) is 2.45. The zero-order chi connectivity index (χ0) is 15.0. The number of unbranched alkanes of at least 4 members (excludes halogenated alkanes) is 5. The SMILES string of the molecule is CCCCCCCCC(NN)c1ccc(C)c(F)c1F. The van der Waals surface area contributed by atoms with Crippen molar-refractivity contribution in [2.75, 3.05) is 0 Å². The number of halogens is 2. The lowest BCUT2D eigenvalue weighted by atomic mass is 9.98. The van der Waals surface area contributed by atoms with Gasteiger partial charge in [-0.05, 0) is 18.9 Å². The van der Waals surface area contributed by atoms with Crippen molar-refractivity contribution in [3.8, 4) is 0 Å². The number of benzene rings is 1. The second kappa shape index (κ2) is 9.03. The molecule has 0 aliphatic rings.